The number of hydrogen-bond donors (Lipinski definition) is 2. The van der Waals surface area contributed by atoms with Crippen molar-refractivity contribution in [2.24, 2.45) is 0 Å². The van der Waals surface area contributed by atoms with Gasteiger partial charge in [0.05, 0.1) is 33.1 Å². The van der Waals surface area contributed by atoms with E-state index in [1.807, 2.05) is 31.2 Å². The number of allylic oxidation sites excluding steroid dienone is 1. The molecule has 0 bridgehead atoms. The highest BCUT2D eigenvalue weighted by molar-refractivity contribution is 8.03. The van der Waals surface area contributed by atoms with Gasteiger partial charge in [-0.1, -0.05) is 65.3 Å². The maximum atomic E-state index is 12.3. The van der Waals surface area contributed by atoms with Gasteiger partial charge in [-0.15, -0.1) is 0 Å². The Morgan fingerprint density at radius 3 is 2.68 bits per heavy atom. The van der Waals surface area contributed by atoms with Crippen molar-refractivity contribution in [3.8, 4) is 6.07 Å². The van der Waals surface area contributed by atoms with Crippen LogP contribution >= 0.6 is 23.4 Å². The van der Waals surface area contributed by atoms with Crippen LogP contribution in [0.25, 0.3) is 0 Å². The fourth-order valence-electron chi connectivity index (χ4n) is 2.90. The van der Waals surface area contributed by atoms with Crippen LogP contribution in [0.2, 0.25) is 5.02 Å². The molecule has 0 aromatic heterocycles. The molecule has 0 saturated heterocycles. The smallest absolute Gasteiger partial charge is 0.234 e. The van der Waals surface area contributed by atoms with E-state index in [-0.39, 0.29) is 29.9 Å². The van der Waals surface area contributed by atoms with E-state index in [2.05, 4.69) is 16.7 Å². The highest BCUT2D eigenvalue weighted by Gasteiger charge is 2.29. The zero-order valence-corrected chi connectivity index (χ0v) is 16.7. The summed E-state index contributed by atoms with van der Waals surface area (Å²) >= 11 is 7.19. The first-order valence-electron chi connectivity index (χ1n) is 8.66. The van der Waals surface area contributed by atoms with Crippen molar-refractivity contribution < 1.29 is 9.59 Å². The van der Waals surface area contributed by atoms with E-state index in [1.54, 1.807) is 24.3 Å². The van der Waals surface area contributed by atoms with E-state index >= 15 is 0 Å². The third-order valence-corrected chi connectivity index (χ3v) is 5.68. The Hall–Kier alpha value is -2.75. The number of anilines is 1. The zero-order chi connectivity index (χ0) is 20.1. The Morgan fingerprint density at radius 2 is 2.00 bits per heavy atom. The molecule has 1 aliphatic heterocycles. The van der Waals surface area contributed by atoms with Gasteiger partial charge < -0.3 is 10.6 Å². The summed E-state index contributed by atoms with van der Waals surface area (Å²) in [6.45, 7) is 1.98. The van der Waals surface area contributed by atoms with Gasteiger partial charge in [0.1, 0.15) is 0 Å². The number of carbonyl (C=O) groups is 2. The van der Waals surface area contributed by atoms with Gasteiger partial charge in [-0.05, 0) is 24.6 Å². The average molecular weight is 412 g/mol. The largest absolute Gasteiger partial charge is 0.324 e. The molecule has 0 radical (unpaired) electrons. The molecule has 142 valence electrons. The number of para-hydroxylation sites is 1. The minimum atomic E-state index is -0.312. The van der Waals surface area contributed by atoms with E-state index in [0.29, 0.717) is 21.3 Å². The molecule has 1 heterocycles. The van der Waals surface area contributed by atoms with Crippen LogP contribution in [0.15, 0.2) is 59.1 Å². The summed E-state index contributed by atoms with van der Waals surface area (Å²) in [4.78, 5) is 24.4. The lowest BCUT2D eigenvalue weighted by molar-refractivity contribution is -0.121. The van der Waals surface area contributed by atoms with Crippen molar-refractivity contribution in [1.29, 1.82) is 5.26 Å². The first-order chi connectivity index (χ1) is 13.5. The number of nitrogens with one attached hydrogen (secondary N) is 2. The van der Waals surface area contributed by atoms with Crippen LogP contribution in [-0.4, -0.2) is 17.6 Å². The van der Waals surface area contributed by atoms with Gasteiger partial charge in [0, 0.05) is 12.3 Å². The lowest BCUT2D eigenvalue weighted by Gasteiger charge is -2.25. The standard InChI is InChI=1S/C21H18ClN3O2S/c1-13-6-8-14(9-7-13)15-10-19(26)25-21(16(15)11-23)28-12-20(27)24-18-5-3-2-4-17(18)22/h2-9,15H,10,12H2,1H3,(H,24,27)(H,25,26)/t15-/m1/s1. The number of nitrogens with zero attached hydrogens (tertiary/aromatic N) is 1. The maximum Gasteiger partial charge on any atom is 0.234 e. The molecule has 0 fully saturated rings. The van der Waals surface area contributed by atoms with Crippen LogP contribution in [0.3, 0.4) is 0 Å². The van der Waals surface area contributed by atoms with E-state index in [1.165, 1.54) is 0 Å². The molecule has 0 saturated carbocycles. The molecule has 2 aromatic carbocycles. The molecule has 7 heteroatoms. The monoisotopic (exact) mass is 411 g/mol. The molecule has 1 aliphatic rings. The molecule has 2 aromatic rings. The van der Waals surface area contributed by atoms with Crippen LogP contribution in [0.1, 0.15) is 23.5 Å². The lowest BCUT2D eigenvalue weighted by atomic mass is 9.87. The summed E-state index contributed by atoms with van der Waals surface area (Å²) in [5.74, 6) is -0.700. The predicted octanol–water partition coefficient (Wildman–Crippen LogP) is 4.36. The summed E-state index contributed by atoms with van der Waals surface area (Å²) in [5, 5.41) is 16.0. The number of nitriles is 1. The van der Waals surface area contributed by atoms with Gasteiger partial charge in [-0.2, -0.15) is 5.26 Å². The third kappa shape index (κ3) is 4.75. The number of amides is 2. The topological polar surface area (TPSA) is 82.0 Å². The van der Waals surface area contributed by atoms with Crippen molar-refractivity contribution in [3.05, 3.63) is 75.3 Å². The first-order valence-corrected chi connectivity index (χ1v) is 10.0. The SMILES string of the molecule is Cc1ccc([C@H]2CC(=O)NC(SCC(=O)Nc3ccccc3Cl)=C2C#N)cc1. The summed E-state index contributed by atoms with van der Waals surface area (Å²) in [6.07, 6.45) is 0.210. The number of carbonyl (C=O) groups excluding carboxylic acids is 2. The number of thioether (sulfide) groups is 1. The van der Waals surface area contributed by atoms with Crippen molar-refractivity contribution in [2.75, 3.05) is 11.1 Å². The molecule has 2 amide bonds. The van der Waals surface area contributed by atoms with Gasteiger partial charge in [0.15, 0.2) is 0 Å². The Morgan fingerprint density at radius 1 is 1.29 bits per heavy atom. The van der Waals surface area contributed by atoms with Crippen LogP contribution < -0.4 is 10.6 Å². The minimum absolute atomic E-state index is 0.0482. The summed E-state index contributed by atoms with van der Waals surface area (Å²) < 4.78 is 0. The average Bonchev–Trinajstić information content (AvgIpc) is 2.68. The molecule has 3 rings (SSSR count). The lowest BCUT2D eigenvalue weighted by Crippen LogP contribution is -2.31. The Kier molecular flexibility index (Phi) is 6.40. The quantitative estimate of drug-likeness (QED) is 0.765. The molecule has 5 nitrogen and oxygen atoms in total. The number of rotatable bonds is 5. The molecule has 0 aliphatic carbocycles. The number of hydrogen-bond acceptors (Lipinski definition) is 4. The van der Waals surface area contributed by atoms with Gasteiger partial charge in [0.25, 0.3) is 0 Å². The summed E-state index contributed by atoms with van der Waals surface area (Å²) in [5.41, 5.74) is 3.02. The summed E-state index contributed by atoms with van der Waals surface area (Å²) in [7, 11) is 0. The normalized spacial score (nSPS) is 16.3. The third-order valence-electron chi connectivity index (χ3n) is 4.33. The van der Waals surface area contributed by atoms with Crippen LogP contribution in [0.5, 0.6) is 0 Å². The molecule has 2 N–H and O–H groups in total. The number of benzene rings is 2. The van der Waals surface area contributed by atoms with Gasteiger partial charge in [-0.25, -0.2) is 0 Å². The molecule has 0 unspecified atom stereocenters. The maximum absolute atomic E-state index is 12.3. The second-order valence-electron chi connectivity index (χ2n) is 6.39. The Balaban J connectivity index is 1.76. The van der Waals surface area contributed by atoms with Crippen LogP contribution in [-0.2, 0) is 9.59 Å². The van der Waals surface area contributed by atoms with Gasteiger partial charge in [-0.3, -0.25) is 9.59 Å². The van der Waals surface area contributed by atoms with Crippen molar-refractivity contribution >= 4 is 40.9 Å². The van der Waals surface area contributed by atoms with Crippen molar-refractivity contribution in [1.82, 2.24) is 5.32 Å². The second kappa shape index (κ2) is 8.96. The molecular formula is C21H18ClN3O2S. The van der Waals surface area contributed by atoms with E-state index < -0.39 is 0 Å². The molecular weight excluding hydrogens is 394 g/mol. The molecule has 28 heavy (non-hydrogen) atoms. The van der Waals surface area contributed by atoms with E-state index in [9.17, 15) is 14.9 Å². The second-order valence-corrected chi connectivity index (χ2v) is 7.78. The van der Waals surface area contributed by atoms with E-state index in [0.717, 1.165) is 22.9 Å². The fourth-order valence-corrected chi connectivity index (χ4v) is 3.96. The predicted molar refractivity (Wildman–Crippen MR) is 112 cm³/mol. The fraction of sp³-hybridized carbons (Fsp3) is 0.190. The highest BCUT2D eigenvalue weighted by atomic mass is 35.5. The minimum Gasteiger partial charge on any atom is -0.324 e. The van der Waals surface area contributed by atoms with Crippen LogP contribution in [0, 0.1) is 18.3 Å². The number of aryl methyl sites for hydroxylation is 1. The summed E-state index contributed by atoms with van der Waals surface area (Å²) in [6, 6.07) is 16.9. The Labute approximate surface area is 172 Å². The molecule has 0 spiro atoms. The van der Waals surface area contributed by atoms with E-state index in [4.69, 9.17) is 11.6 Å². The number of halogens is 1. The van der Waals surface area contributed by atoms with Crippen molar-refractivity contribution in [3.63, 3.8) is 0 Å². The molecule has 1 atom stereocenters. The van der Waals surface area contributed by atoms with Gasteiger partial charge in [0.2, 0.25) is 11.8 Å². The Bertz CT molecular complexity index is 980. The van der Waals surface area contributed by atoms with Gasteiger partial charge >= 0.3 is 0 Å². The highest BCUT2D eigenvalue weighted by Crippen LogP contribution is 2.36. The zero-order valence-electron chi connectivity index (χ0n) is 15.2. The van der Waals surface area contributed by atoms with Crippen molar-refractivity contribution in [2.45, 2.75) is 19.3 Å². The van der Waals surface area contributed by atoms with Crippen LogP contribution in [0.4, 0.5) is 5.69 Å². The first kappa shape index (κ1) is 20.0.